The number of aliphatic hydroxyl groups is 1. The Balaban J connectivity index is 1.69. The Kier molecular flexibility index (Phi) is 10.4. The summed E-state index contributed by atoms with van der Waals surface area (Å²) in [4.78, 5) is 47.4. The van der Waals surface area contributed by atoms with Crippen LogP contribution >= 0.6 is 0 Å². The van der Waals surface area contributed by atoms with E-state index in [1.54, 1.807) is 48.5 Å². The van der Waals surface area contributed by atoms with Crippen molar-refractivity contribution in [2.45, 2.75) is 38.2 Å². The van der Waals surface area contributed by atoms with Gasteiger partial charge >= 0.3 is 12.1 Å². The third-order valence-corrected chi connectivity index (χ3v) is 4.41. The van der Waals surface area contributed by atoms with Gasteiger partial charge in [-0.05, 0) is 11.1 Å². The first-order valence-corrected chi connectivity index (χ1v) is 10.2. The number of benzene rings is 2. The van der Waals surface area contributed by atoms with E-state index in [9.17, 15) is 24.3 Å². The first-order valence-electron chi connectivity index (χ1n) is 10.2. The summed E-state index contributed by atoms with van der Waals surface area (Å²) in [5.74, 6) is -2.36. The quantitative estimate of drug-likeness (QED) is 0.343. The van der Waals surface area contributed by atoms with Crippen molar-refractivity contribution in [3.8, 4) is 0 Å². The fraction of sp³-hybridized carbons (Fsp3) is 0.304. The molecule has 2 aromatic carbocycles. The highest BCUT2D eigenvalue weighted by atomic mass is 16.5. The number of esters is 1. The van der Waals surface area contributed by atoms with Crippen molar-refractivity contribution in [3.05, 3.63) is 71.8 Å². The molecule has 0 heterocycles. The maximum atomic E-state index is 12.1. The molecular weight excluding hydrogens is 430 g/mol. The first-order chi connectivity index (χ1) is 15.8. The number of carbonyl (C=O) groups is 4. The van der Waals surface area contributed by atoms with Gasteiger partial charge in [0.2, 0.25) is 11.8 Å². The van der Waals surface area contributed by atoms with Gasteiger partial charge in [-0.15, -0.1) is 0 Å². The number of primary amides is 1. The minimum Gasteiger partial charge on any atom is -0.461 e. The van der Waals surface area contributed by atoms with Gasteiger partial charge in [-0.1, -0.05) is 60.7 Å². The van der Waals surface area contributed by atoms with Crippen LogP contribution in [0, 0.1) is 0 Å². The Morgan fingerprint density at radius 3 is 1.94 bits per heavy atom. The second-order valence-electron chi connectivity index (χ2n) is 7.17. The topological polar surface area (TPSA) is 157 Å². The molecule has 0 aliphatic heterocycles. The fourth-order valence-electron chi connectivity index (χ4n) is 2.70. The van der Waals surface area contributed by atoms with E-state index in [-0.39, 0.29) is 19.8 Å². The molecule has 0 aliphatic carbocycles. The van der Waals surface area contributed by atoms with Crippen LogP contribution in [0.2, 0.25) is 0 Å². The van der Waals surface area contributed by atoms with Crippen LogP contribution in [-0.4, -0.2) is 47.7 Å². The number of amides is 3. The predicted molar refractivity (Wildman–Crippen MR) is 117 cm³/mol. The number of nitrogens with two attached hydrogens (primary N) is 1. The molecule has 0 unspecified atom stereocenters. The van der Waals surface area contributed by atoms with Gasteiger partial charge in [0.1, 0.15) is 19.3 Å². The lowest BCUT2D eigenvalue weighted by atomic mass is 10.1. The van der Waals surface area contributed by atoms with Gasteiger partial charge < -0.3 is 30.9 Å². The number of hydrogen-bond acceptors (Lipinski definition) is 7. The average Bonchev–Trinajstić information content (AvgIpc) is 2.81. The second kappa shape index (κ2) is 13.5. The molecule has 0 saturated carbocycles. The van der Waals surface area contributed by atoms with Gasteiger partial charge in [-0.2, -0.15) is 0 Å². The van der Waals surface area contributed by atoms with E-state index >= 15 is 0 Å². The van der Waals surface area contributed by atoms with Gasteiger partial charge in [0.05, 0.1) is 18.9 Å². The third kappa shape index (κ3) is 10.3. The summed E-state index contributed by atoms with van der Waals surface area (Å²) >= 11 is 0. The number of aliphatic hydroxyl groups excluding tert-OH is 1. The zero-order valence-electron chi connectivity index (χ0n) is 17.9. The normalized spacial score (nSPS) is 12.2. The predicted octanol–water partition coefficient (Wildman–Crippen LogP) is 0.767. The van der Waals surface area contributed by atoms with E-state index in [0.29, 0.717) is 0 Å². The molecule has 2 aromatic rings. The highest BCUT2D eigenvalue weighted by molar-refractivity contribution is 5.90. The largest absolute Gasteiger partial charge is 0.461 e. The number of carbonyl (C=O) groups excluding carboxylic acids is 4. The van der Waals surface area contributed by atoms with Crippen LogP contribution in [0.3, 0.4) is 0 Å². The summed E-state index contributed by atoms with van der Waals surface area (Å²) in [6, 6.07) is 16.7. The summed E-state index contributed by atoms with van der Waals surface area (Å²) in [5.41, 5.74) is 6.82. The minimum absolute atomic E-state index is 0.0177. The van der Waals surface area contributed by atoms with Gasteiger partial charge in [0, 0.05) is 6.54 Å². The van der Waals surface area contributed by atoms with Crippen LogP contribution in [0.1, 0.15) is 24.0 Å². The van der Waals surface area contributed by atoms with Crippen LogP contribution in [0.4, 0.5) is 4.79 Å². The number of ether oxygens (including phenoxy) is 2. The first kappa shape index (κ1) is 25.3. The Labute approximate surface area is 191 Å². The third-order valence-electron chi connectivity index (χ3n) is 4.41. The van der Waals surface area contributed by atoms with Crippen LogP contribution < -0.4 is 16.4 Å². The van der Waals surface area contributed by atoms with E-state index in [1.807, 2.05) is 12.1 Å². The van der Waals surface area contributed by atoms with E-state index in [1.165, 1.54) is 0 Å². The smallest absolute Gasteiger partial charge is 0.407 e. The van der Waals surface area contributed by atoms with Crippen molar-refractivity contribution in [2.75, 3.05) is 6.54 Å². The van der Waals surface area contributed by atoms with E-state index in [2.05, 4.69) is 10.6 Å². The molecule has 176 valence electrons. The maximum Gasteiger partial charge on any atom is 0.407 e. The Hall–Kier alpha value is -3.92. The molecule has 0 aromatic heterocycles. The average molecular weight is 457 g/mol. The molecule has 10 heteroatoms. The summed E-state index contributed by atoms with van der Waals surface area (Å²) in [7, 11) is 0. The van der Waals surface area contributed by atoms with Crippen molar-refractivity contribution in [3.63, 3.8) is 0 Å². The van der Waals surface area contributed by atoms with Crippen molar-refractivity contribution < 1.29 is 33.8 Å². The van der Waals surface area contributed by atoms with Crippen molar-refractivity contribution in [1.29, 1.82) is 0 Å². The molecule has 0 aliphatic rings. The van der Waals surface area contributed by atoms with Crippen molar-refractivity contribution in [2.24, 2.45) is 5.73 Å². The zero-order valence-corrected chi connectivity index (χ0v) is 17.9. The monoisotopic (exact) mass is 457 g/mol. The van der Waals surface area contributed by atoms with E-state index in [0.717, 1.165) is 11.1 Å². The van der Waals surface area contributed by atoms with Gasteiger partial charge in [-0.3, -0.25) is 14.4 Å². The zero-order chi connectivity index (χ0) is 24.1. The Morgan fingerprint density at radius 1 is 0.848 bits per heavy atom. The molecule has 0 bridgehead atoms. The molecular formula is C23H27N3O7. The fourth-order valence-corrected chi connectivity index (χ4v) is 2.70. The van der Waals surface area contributed by atoms with Crippen molar-refractivity contribution in [1.82, 2.24) is 10.6 Å². The Morgan fingerprint density at radius 2 is 1.39 bits per heavy atom. The SMILES string of the molecule is NC(=O)[C@@H](CC(=O)OCc1ccccc1)NC(=O)C[C@H](O)CNC(=O)OCc1ccccc1. The number of nitrogens with one attached hydrogen (secondary N) is 2. The number of rotatable bonds is 12. The number of alkyl carbamates (subject to hydrolysis) is 1. The summed E-state index contributed by atoms with van der Waals surface area (Å²) in [6.07, 6.45) is -2.88. The summed E-state index contributed by atoms with van der Waals surface area (Å²) in [5, 5.41) is 14.6. The van der Waals surface area contributed by atoms with E-state index in [4.69, 9.17) is 15.2 Å². The second-order valence-corrected chi connectivity index (χ2v) is 7.17. The van der Waals surface area contributed by atoms with Gasteiger partial charge in [0.25, 0.3) is 0 Å². The molecule has 33 heavy (non-hydrogen) atoms. The van der Waals surface area contributed by atoms with Crippen molar-refractivity contribution >= 4 is 23.9 Å². The standard InChI is InChI=1S/C23H27N3O7/c24-22(30)19(12-21(29)32-14-16-7-3-1-4-8-16)26-20(28)11-18(27)13-25-23(31)33-15-17-9-5-2-6-10-17/h1-10,18-19,27H,11-15H2,(H2,24,30)(H,25,31)(H,26,28)/t18-,19+/m0/s1. The molecule has 0 radical (unpaired) electrons. The minimum atomic E-state index is -1.29. The van der Waals surface area contributed by atoms with Crippen LogP contribution in [0.15, 0.2) is 60.7 Å². The summed E-state index contributed by atoms with van der Waals surface area (Å²) in [6.45, 7) is -0.171. The molecule has 10 nitrogen and oxygen atoms in total. The number of hydrogen-bond donors (Lipinski definition) is 4. The molecule has 3 amide bonds. The molecule has 5 N–H and O–H groups in total. The molecule has 0 saturated heterocycles. The van der Waals surface area contributed by atoms with Gasteiger partial charge in [-0.25, -0.2) is 4.79 Å². The molecule has 0 fully saturated rings. The van der Waals surface area contributed by atoms with Crippen LogP contribution in [-0.2, 0) is 37.1 Å². The Bertz CT molecular complexity index is 922. The highest BCUT2D eigenvalue weighted by Crippen LogP contribution is 2.04. The lowest BCUT2D eigenvalue weighted by Gasteiger charge is -2.17. The van der Waals surface area contributed by atoms with E-state index < -0.39 is 48.9 Å². The summed E-state index contributed by atoms with van der Waals surface area (Å²) < 4.78 is 10.1. The molecule has 2 rings (SSSR count). The lowest BCUT2D eigenvalue weighted by Crippen LogP contribution is -2.47. The maximum absolute atomic E-state index is 12.1. The van der Waals surface area contributed by atoms with Crippen LogP contribution in [0.5, 0.6) is 0 Å². The lowest BCUT2D eigenvalue weighted by molar-refractivity contribution is -0.147. The highest BCUT2D eigenvalue weighted by Gasteiger charge is 2.24. The van der Waals surface area contributed by atoms with Gasteiger partial charge in [0.15, 0.2) is 0 Å². The molecule has 2 atom stereocenters. The molecule has 0 spiro atoms. The van der Waals surface area contributed by atoms with Crippen LogP contribution in [0.25, 0.3) is 0 Å².